The topological polar surface area (TPSA) is 53.5 Å². The summed E-state index contributed by atoms with van der Waals surface area (Å²) in [7, 11) is 0. The first-order chi connectivity index (χ1) is 12.7. The van der Waals surface area contributed by atoms with Crippen LogP contribution in [-0.2, 0) is 6.42 Å². The van der Waals surface area contributed by atoms with E-state index in [9.17, 15) is 9.59 Å². The number of hydrogen-bond acceptors (Lipinski definition) is 3. The Morgan fingerprint density at radius 1 is 0.923 bits per heavy atom. The molecule has 1 aliphatic rings. The largest absolute Gasteiger partial charge is 0.335 e. The fourth-order valence-corrected chi connectivity index (χ4v) is 3.14. The first kappa shape index (κ1) is 18.1. The maximum Gasteiger partial charge on any atom is 0.272 e. The Kier molecular flexibility index (Phi) is 6.00. The highest BCUT2D eigenvalue weighted by Gasteiger charge is 2.25. The van der Waals surface area contributed by atoms with Crippen molar-refractivity contribution in [3.05, 3.63) is 65.5 Å². The average Bonchev–Trinajstić information content (AvgIpc) is 2.72. The van der Waals surface area contributed by atoms with E-state index in [1.807, 2.05) is 35.2 Å². The summed E-state index contributed by atoms with van der Waals surface area (Å²) in [6, 6.07) is 13.2. The minimum Gasteiger partial charge on any atom is -0.335 e. The number of pyridine rings is 1. The van der Waals surface area contributed by atoms with Crippen LogP contribution in [0.2, 0.25) is 0 Å². The van der Waals surface area contributed by atoms with Crippen LogP contribution in [0.4, 0.5) is 0 Å². The Morgan fingerprint density at radius 3 is 2.15 bits per heavy atom. The smallest absolute Gasteiger partial charge is 0.272 e. The van der Waals surface area contributed by atoms with Crippen LogP contribution in [0.1, 0.15) is 46.2 Å². The van der Waals surface area contributed by atoms with Crippen molar-refractivity contribution in [1.29, 1.82) is 0 Å². The van der Waals surface area contributed by atoms with Gasteiger partial charge in [-0.15, -0.1) is 0 Å². The van der Waals surface area contributed by atoms with Crippen LogP contribution in [-0.4, -0.2) is 52.8 Å². The first-order valence-electron chi connectivity index (χ1n) is 9.27. The van der Waals surface area contributed by atoms with Gasteiger partial charge in [0.25, 0.3) is 11.8 Å². The molecule has 2 heterocycles. The Labute approximate surface area is 154 Å². The lowest BCUT2D eigenvalue weighted by Gasteiger charge is -2.34. The number of aromatic nitrogens is 1. The Balaban J connectivity index is 1.56. The summed E-state index contributed by atoms with van der Waals surface area (Å²) in [5.74, 6) is -0.0325. The van der Waals surface area contributed by atoms with Crippen molar-refractivity contribution in [2.45, 2.75) is 26.2 Å². The number of benzene rings is 1. The van der Waals surface area contributed by atoms with Crippen molar-refractivity contribution >= 4 is 11.8 Å². The summed E-state index contributed by atoms with van der Waals surface area (Å²) in [6.45, 7) is 4.35. The summed E-state index contributed by atoms with van der Waals surface area (Å²) >= 11 is 0. The van der Waals surface area contributed by atoms with Gasteiger partial charge in [0.2, 0.25) is 0 Å². The molecule has 0 unspecified atom stereocenters. The summed E-state index contributed by atoms with van der Waals surface area (Å²) in [5.41, 5.74) is 2.44. The molecule has 0 atom stereocenters. The Morgan fingerprint density at radius 2 is 1.58 bits per heavy atom. The van der Waals surface area contributed by atoms with Gasteiger partial charge < -0.3 is 9.80 Å². The second kappa shape index (κ2) is 8.61. The van der Waals surface area contributed by atoms with Crippen molar-refractivity contribution in [1.82, 2.24) is 14.8 Å². The summed E-state index contributed by atoms with van der Waals surface area (Å²) < 4.78 is 0. The quantitative estimate of drug-likeness (QED) is 0.832. The van der Waals surface area contributed by atoms with E-state index in [1.54, 1.807) is 23.2 Å². The monoisotopic (exact) mass is 351 g/mol. The van der Waals surface area contributed by atoms with Crippen LogP contribution in [0.25, 0.3) is 0 Å². The zero-order chi connectivity index (χ0) is 18.4. The zero-order valence-corrected chi connectivity index (χ0v) is 15.2. The molecule has 1 fully saturated rings. The number of carbonyl (C=O) groups excluding carboxylic acids is 2. The average molecular weight is 351 g/mol. The number of carbonyl (C=O) groups is 2. The van der Waals surface area contributed by atoms with Crippen LogP contribution in [0.3, 0.4) is 0 Å². The highest BCUT2D eigenvalue weighted by atomic mass is 16.2. The number of hydrogen-bond donors (Lipinski definition) is 0. The molecule has 0 spiro atoms. The van der Waals surface area contributed by atoms with Crippen LogP contribution in [0, 0.1) is 0 Å². The predicted octanol–water partition coefficient (Wildman–Crippen LogP) is 3.02. The second-order valence-corrected chi connectivity index (χ2v) is 6.60. The SMILES string of the molecule is CCCCc1ccc(C(=O)N2CCN(C(=O)c3ccccn3)CC2)cc1. The predicted molar refractivity (Wildman–Crippen MR) is 101 cm³/mol. The lowest BCUT2D eigenvalue weighted by atomic mass is 10.1. The van der Waals surface area contributed by atoms with Crippen LogP contribution < -0.4 is 0 Å². The summed E-state index contributed by atoms with van der Waals surface area (Å²) in [4.78, 5) is 32.8. The van der Waals surface area contributed by atoms with E-state index in [-0.39, 0.29) is 11.8 Å². The number of piperazine rings is 1. The molecule has 2 aromatic rings. The molecule has 0 aliphatic carbocycles. The van der Waals surface area contributed by atoms with Crippen molar-refractivity contribution < 1.29 is 9.59 Å². The molecule has 1 saturated heterocycles. The Hall–Kier alpha value is -2.69. The fraction of sp³-hybridized carbons (Fsp3) is 0.381. The molecule has 0 N–H and O–H groups in total. The van der Waals surface area contributed by atoms with Crippen molar-refractivity contribution in [3.63, 3.8) is 0 Å². The van der Waals surface area contributed by atoms with Gasteiger partial charge in [0, 0.05) is 37.9 Å². The maximum atomic E-state index is 12.7. The second-order valence-electron chi connectivity index (χ2n) is 6.60. The number of amides is 2. The summed E-state index contributed by atoms with van der Waals surface area (Å²) in [6.07, 6.45) is 5.01. The molecule has 1 aromatic carbocycles. The molecule has 3 rings (SSSR count). The van der Waals surface area contributed by atoms with E-state index < -0.39 is 0 Å². The number of nitrogens with zero attached hydrogens (tertiary/aromatic N) is 3. The number of aryl methyl sites for hydroxylation is 1. The Bertz CT molecular complexity index is 736. The molecule has 0 bridgehead atoms. The molecule has 0 radical (unpaired) electrons. The van der Waals surface area contributed by atoms with Gasteiger partial charge in [-0.2, -0.15) is 0 Å². The minimum atomic E-state index is -0.0713. The zero-order valence-electron chi connectivity index (χ0n) is 15.2. The van der Waals surface area contributed by atoms with Gasteiger partial charge in [-0.25, -0.2) is 0 Å². The van der Waals surface area contributed by atoms with E-state index in [0.717, 1.165) is 12.0 Å². The van der Waals surface area contributed by atoms with Gasteiger partial charge >= 0.3 is 0 Å². The molecule has 5 nitrogen and oxygen atoms in total. The van der Waals surface area contributed by atoms with Crippen molar-refractivity contribution in [2.75, 3.05) is 26.2 Å². The van der Waals surface area contributed by atoms with E-state index in [0.29, 0.717) is 31.9 Å². The third kappa shape index (κ3) is 4.28. The van der Waals surface area contributed by atoms with E-state index in [2.05, 4.69) is 11.9 Å². The van der Waals surface area contributed by atoms with Crippen molar-refractivity contribution in [3.8, 4) is 0 Å². The normalized spacial score (nSPS) is 14.3. The first-order valence-corrected chi connectivity index (χ1v) is 9.27. The highest BCUT2D eigenvalue weighted by molar-refractivity contribution is 5.95. The maximum absolute atomic E-state index is 12.7. The van der Waals surface area contributed by atoms with Crippen LogP contribution >= 0.6 is 0 Å². The molecule has 2 amide bonds. The molecular formula is C21H25N3O2. The van der Waals surface area contributed by atoms with Crippen LogP contribution in [0.15, 0.2) is 48.7 Å². The third-order valence-corrected chi connectivity index (χ3v) is 4.76. The number of rotatable bonds is 5. The molecule has 1 aromatic heterocycles. The lowest BCUT2D eigenvalue weighted by molar-refractivity contribution is 0.0532. The van der Waals surface area contributed by atoms with Gasteiger partial charge in [0.05, 0.1) is 0 Å². The van der Waals surface area contributed by atoms with E-state index >= 15 is 0 Å². The standard InChI is InChI=1S/C21H25N3O2/c1-2-3-6-17-8-10-18(11-9-17)20(25)23-13-15-24(16-14-23)21(26)19-7-4-5-12-22-19/h4-5,7-12H,2-3,6,13-16H2,1H3. The lowest BCUT2D eigenvalue weighted by Crippen LogP contribution is -2.50. The molecule has 0 saturated carbocycles. The van der Waals surface area contributed by atoms with Gasteiger partial charge in [0.1, 0.15) is 5.69 Å². The fourth-order valence-electron chi connectivity index (χ4n) is 3.14. The van der Waals surface area contributed by atoms with Gasteiger partial charge in [-0.3, -0.25) is 14.6 Å². The van der Waals surface area contributed by atoms with E-state index in [4.69, 9.17) is 0 Å². The molecular weight excluding hydrogens is 326 g/mol. The molecule has 136 valence electrons. The van der Waals surface area contributed by atoms with Crippen molar-refractivity contribution in [2.24, 2.45) is 0 Å². The molecule has 5 heteroatoms. The highest BCUT2D eigenvalue weighted by Crippen LogP contribution is 2.13. The molecule has 26 heavy (non-hydrogen) atoms. The van der Waals surface area contributed by atoms with Crippen LogP contribution in [0.5, 0.6) is 0 Å². The van der Waals surface area contributed by atoms with Gasteiger partial charge in [-0.05, 0) is 42.7 Å². The third-order valence-electron chi connectivity index (χ3n) is 4.76. The van der Waals surface area contributed by atoms with E-state index in [1.165, 1.54) is 18.4 Å². The molecule has 1 aliphatic heterocycles. The summed E-state index contributed by atoms with van der Waals surface area (Å²) in [5, 5.41) is 0. The van der Waals surface area contributed by atoms with Gasteiger partial charge in [0.15, 0.2) is 0 Å². The number of unbranched alkanes of at least 4 members (excludes halogenated alkanes) is 1. The minimum absolute atomic E-state index is 0.0389. The van der Waals surface area contributed by atoms with Gasteiger partial charge in [-0.1, -0.05) is 31.5 Å².